The number of carbonyl (C=O) groups is 2. The van der Waals surface area contributed by atoms with E-state index in [2.05, 4.69) is 5.32 Å². The van der Waals surface area contributed by atoms with Crippen molar-refractivity contribution in [2.24, 2.45) is 0 Å². The number of benzene rings is 2. The second kappa shape index (κ2) is 13.3. The van der Waals surface area contributed by atoms with E-state index in [0.29, 0.717) is 13.0 Å². The third kappa shape index (κ3) is 8.98. The molecule has 3 rings (SSSR count). The van der Waals surface area contributed by atoms with Gasteiger partial charge in [-0.1, -0.05) is 49.2 Å². The molecule has 0 heterocycles. The highest BCUT2D eigenvalue weighted by Gasteiger charge is 2.32. The maximum absolute atomic E-state index is 13.3. The number of anilines is 1. The topological polar surface area (TPSA) is 86.8 Å². The van der Waals surface area contributed by atoms with Gasteiger partial charge < -0.3 is 10.2 Å². The first-order valence-corrected chi connectivity index (χ1v) is 15.0. The number of nitrogens with zero attached hydrogens (tertiary/aromatic N) is 2. The predicted octanol–water partition coefficient (Wildman–Crippen LogP) is 4.77. The van der Waals surface area contributed by atoms with Crippen LogP contribution in [0.1, 0.15) is 56.6 Å². The second-order valence-corrected chi connectivity index (χ2v) is 11.9. The molecule has 1 saturated carbocycles. The van der Waals surface area contributed by atoms with Crippen LogP contribution in [0.2, 0.25) is 0 Å². The average Bonchev–Trinajstić information content (AvgIpc) is 3.39. The molecule has 1 aliphatic rings. The van der Waals surface area contributed by atoms with Crippen molar-refractivity contribution in [3.05, 3.63) is 65.7 Å². The fraction of sp³-hybridized carbons (Fsp3) is 0.500. The molecule has 0 bridgehead atoms. The molecule has 2 amide bonds. The zero-order chi connectivity index (χ0) is 28.6. The van der Waals surface area contributed by atoms with E-state index in [4.69, 9.17) is 0 Å². The highest BCUT2D eigenvalue weighted by molar-refractivity contribution is 7.92. The minimum absolute atomic E-state index is 0.0686. The van der Waals surface area contributed by atoms with Gasteiger partial charge >= 0.3 is 6.18 Å². The van der Waals surface area contributed by atoms with Crippen molar-refractivity contribution in [3.8, 4) is 0 Å². The monoisotopic (exact) mass is 567 g/mol. The molecule has 39 heavy (non-hydrogen) atoms. The minimum atomic E-state index is -4.62. The van der Waals surface area contributed by atoms with Gasteiger partial charge in [0, 0.05) is 25.6 Å². The van der Waals surface area contributed by atoms with Crippen molar-refractivity contribution in [1.82, 2.24) is 10.2 Å². The van der Waals surface area contributed by atoms with Gasteiger partial charge in [-0.25, -0.2) is 8.42 Å². The van der Waals surface area contributed by atoms with Crippen LogP contribution in [0.4, 0.5) is 18.9 Å². The van der Waals surface area contributed by atoms with Gasteiger partial charge in [0.05, 0.1) is 17.5 Å². The number of sulfonamides is 1. The lowest BCUT2D eigenvalue weighted by atomic mass is 10.1. The van der Waals surface area contributed by atoms with E-state index in [9.17, 15) is 31.2 Å². The summed E-state index contributed by atoms with van der Waals surface area (Å²) in [7, 11) is -3.91. The number of carbonyl (C=O) groups excluding carboxylic acids is 2. The highest BCUT2D eigenvalue weighted by atomic mass is 32.2. The molecular formula is C28H36F3N3O4S. The standard InChI is InChI=1S/C28H36F3N3O4S/c1-21(27(36)32-24-13-6-7-14-24)33(19-17-22-10-4-3-5-11-22)26(35)16-9-18-34(39(2,37)38)25-15-8-12-23(20-25)28(29,30)31/h3-5,8,10-12,15,20-21,24H,6-7,9,13-14,16-19H2,1-2H3,(H,32,36)/t21-/m0/s1. The van der Waals surface area contributed by atoms with Crippen molar-refractivity contribution >= 4 is 27.5 Å². The maximum Gasteiger partial charge on any atom is 0.416 e. The summed E-state index contributed by atoms with van der Waals surface area (Å²) in [5.41, 5.74) is -0.0737. The van der Waals surface area contributed by atoms with Crippen molar-refractivity contribution < 1.29 is 31.2 Å². The second-order valence-electron chi connectivity index (χ2n) is 9.98. The SMILES string of the molecule is C[C@@H](C(=O)NC1CCCC1)N(CCc1ccccc1)C(=O)CCCN(c1cccc(C(F)(F)F)c1)S(C)(=O)=O. The Balaban J connectivity index is 1.70. The van der Waals surface area contributed by atoms with E-state index in [1.807, 2.05) is 30.3 Å². The van der Waals surface area contributed by atoms with Crippen LogP contribution in [-0.2, 0) is 32.2 Å². The summed E-state index contributed by atoms with van der Waals surface area (Å²) in [6, 6.07) is 13.0. The third-order valence-corrected chi connectivity index (χ3v) is 8.16. The number of hydrogen-bond acceptors (Lipinski definition) is 4. The lowest BCUT2D eigenvalue weighted by molar-refractivity contribution is -0.140. The summed E-state index contributed by atoms with van der Waals surface area (Å²) < 4.78 is 65.3. The van der Waals surface area contributed by atoms with Crippen LogP contribution in [0.5, 0.6) is 0 Å². The van der Waals surface area contributed by atoms with Crippen LogP contribution in [-0.4, -0.2) is 56.6 Å². The van der Waals surface area contributed by atoms with Crippen molar-refractivity contribution in [1.29, 1.82) is 0 Å². The maximum atomic E-state index is 13.3. The lowest BCUT2D eigenvalue weighted by Crippen LogP contribution is -2.50. The van der Waals surface area contributed by atoms with Crippen LogP contribution < -0.4 is 9.62 Å². The number of alkyl halides is 3. The largest absolute Gasteiger partial charge is 0.416 e. The summed E-state index contributed by atoms with van der Waals surface area (Å²) >= 11 is 0. The molecule has 0 aromatic heterocycles. The quantitative estimate of drug-likeness (QED) is 0.400. The van der Waals surface area contributed by atoms with Crippen molar-refractivity contribution in [2.45, 2.75) is 70.1 Å². The number of hydrogen-bond donors (Lipinski definition) is 1. The van der Waals surface area contributed by atoms with Crippen molar-refractivity contribution in [2.75, 3.05) is 23.7 Å². The van der Waals surface area contributed by atoms with Gasteiger partial charge in [-0.15, -0.1) is 0 Å². The van der Waals surface area contributed by atoms with Crippen LogP contribution in [0.25, 0.3) is 0 Å². The first-order valence-electron chi connectivity index (χ1n) is 13.1. The molecule has 1 aliphatic carbocycles. The Morgan fingerprint density at radius 1 is 1.03 bits per heavy atom. The van der Waals surface area contributed by atoms with Gasteiger partial charge in [0.2, 0.25) is 21.8 Å². The number of amides is 2. The first-order chi connectivity index (χ1) is 18.4. The van der Waals surface area contributed by atoms with Crippen LogP contribution in [0, 0.1) is 0 Å². The molecule has 1 atom stereocenters. The van der Waals surface area contributed by atoms with Gasteiger partial charge in [0.1, 0.15) is 6.04 Å². The Kier molecular flexibility index (Phi) is 10.4. The number of halogens is 3. The third-order valence-electron chi connectivity index (χ3n) is 6.97. The van der Waals surface area contributed by atoms with E-state index < -0.39 is 27.8 Å². The van der Waals surface area contributed by atoms with E-state index in [0.717, 1.165) is 60.0 Å². The van der Waals surface area contributed by atoms with E-state index in [-0.39, 0.29) is 42.9 Å². The molecule has 214 valence electrons. The van der Waals surface area contributed by atoms with Crippen LogP contribution in [0.3, 0.4) is 0 Å². The lowest BCUT2D eigenvalue weighted by Gasteiger charge is -2.30. The zero-order valence-corrected chi connectivity index (χ0v) is 23.1. The van der Waals surface area contributed by atoms with E-state index >= 15 is 0 Å². The summed E-state index contributed by atoms with van der Waals surface area (Å²) in [6.07, 6.45) is 0.757. The van der Waals surface area contributed by atoms with E-state index in [1.54, 1.807) is 6.92 Å². The Bertz CT molecular complexity index is 1220. The molecule has 1 N–H and O–H groups in total. The molecule has 0 unspecified atom stereocenters. The summed E-state index contributed by atoms with van der Waals surface area (Å²) in [6.45, 7) is 1.80. The highest BCUT2D eigenvalue weighted by Crippen LogP contribution is 2.32. The number of rotatable bonds is 12. The van der Waals surface area contributed by atoms with Gasteiger partial charge in [0.25, 0.3) is 0 Å². The molecule has 2 aromatic carbocycles. The molecule has 11 heteroatoms. The van der Waals surface area contributed by atoms with Gasteiger partial charge in [-0.2, -0.15) is 13.2 Å². The normalized spacial score (nSPS) is 15.1. The van der Waals surface area contributed by atoms with Crippen LogP contribution in [0.15, 0.2) is 54.6 Å². The van der Waals surface area contributed by atoms with E-state index in [1.165, 1.54) is 11.0 Å². The molecule has 2 aromatic rings. The first kappa shape index (κ1) is 30.5. The fourth-order valence-electron chi connectivity index (χ4n) is 4.80. The fourth-order valence-corrected chi connectivity index (χ4v) is 5.76. The molecule has 1 fully saturated rings. The van der Waals surface area contributed by atoms with Crippen LogP contribution >= 0.6 is 0 Å². The Morgan fingerprint density at radius 3 is 2.31 bits per heavy atom. The van der Waals surface area contributed by atoms with Crippen molar-refractivity contribution in [3.63, 3.8) is 0 Å². The summed E-state index contributed by atoms with van der Waals surface area (Å²) in [5, 5.41) is 3.03. The molecule has 7 nitrogen and oxygen atoms in total. The molecule has 0 radical (unpaired) electrons. The summed E-state index contributed by atoms with van der Waals surface area (Å²) in [5.74, 6) is -0.553. The molecule has 0 aliphatic heterocycles. The van der Waals surface area contributed by atoms with Gasteiger partial charge in [-0.3, -0.25) is 13.9 Å². The Labute approximate surface area is 228 Å². The number of nitrogens with one attached hydrogen (secondary N) is 1. The Morgan fingerprint density at radius 2 is 1.69 bits per heavy atom. The molecular weight excluding hydrogens is 531 g/mol. The predicted molar refractivity (Wildman–Crippen MR) is 145 cm³/mol. The molecule has 0 spiro atoms. The zero-order valence-electron chi connectivity index (χ0n) is 22.3. The minimum Gasteiger partial charge on any atom is -0.352 e. The Hall–Kier alpha value is -3.08. The summed E-state index contributed by atoms with van der Waals surface area (Å²) in [4.78, 5) is 27.8. The van der Waals surface area contributed by atoms with Gasteiger partial charge in [-0.05, 0) is 56.4 Å². The average molecular weight is 568 g/mol. The molecule has 0 saturated heterocycles. The van der Waals surface area contributed by atoms with Gasteiger partial charge in [0.15, 0.2) is 0 Å². The smallest absolute Gasteiger partial charge is 0.352 e.